The van der Waals surface area contributed by atoms with Crippen LogP contribution in [0.1, 0.15) is 26.3 Å². The predicted octanol–water partition coefficient (Wildman–Crippen LogP) is 3.81. The first kappa shape index (κ1) is 24.9. The number of hydrogen-bond donors (Lipinski definition) is 0. The van der Waals surface area contributed by atoms with Crippen LogP contribution in [0, 0.1) is 6.92 Å². The summed E-state index contributed by atoms with van der Waals surface area (Å²) in [6.07, 6.45) is 1.16. The molecule has 7 nitrogen and oxygen atoms in total. The van der Waals surface area contributed by atoms with E-state index < -0.39 is 5.91 Å². The first-order valence-electron chi connectivity index (χ1n) is 11.7. The highest BCUT2D eigenvalue weighted by Gasteiger charge is 2.24. The minimum atomic E-state index is -0.634. The molecule has 0 spiro atoms. The number of allylic oxidation sites excluding steroid dienone is 1. The number of aryl methyl sites for hydroxylation is 1. The molecule has 3 aromatic rings. The fraction of sp³-hybridized carbons (Fsp3) is 0.179. The summed E-state index contributed by atoms with van der Waals surface area (Å²) < 4.78 is 0. The third kappa shape index (κ3) is 5.33. The summed E-state index contributed by atoms with van der Waals surface area (Å²) in [4.78, 5) is 50.7. The van der Waals surface area contributed by atoms with E-state index in [0.717, 1.165) is 17.3 Å². The highest BCUT2D eigenvalue weighted by Crippen LogP contribution is 2.25. The van der Waals surface area contributed by atoms with E-state index >= 15 is 0 Å². The van der Waals surface area contributed by atoms with Gasteiger partial charge in [-0.25, -0.2) is 9.98 Å². The molecule has 9 heteroatoms. The molecule has 0 saturated carbocycles. The average molecular weight is 533 g/mol. The van der Waals surface area contributed by atoms with Gasteiger partial charge in [0.15, 0.2) is 5.78 Å². The quantitative estimate of drug-likeness (QED) is 0.378. The number of nitrogens with zero attached hydrogens (tertiary/aromatic N) is 4. The molecule has 0 aliphatic carbocycles. The monoisotopic (exact) mass is 532 g/mol. The van der Waals surface area contributed by atoms with Crippen LogP contribution in [0.15, 0.2) is 82.4 Å². The Morgan fingerprint density at radius 3 is 2.22 bits per heavy atom. The fourth-order valence-electron chi connectivity index (χ4n) is 4.36. The summed E-state index contributed by atoms with van der Waals surface area (Å²) in [5, 5.41) is 1.92. The SMILES string of the molecule is Cc1ccc(Cl)cc1N1CCN(C(=O)c2ccc3c(c2)=NC(=O)/C(=C/C(=O)c2ccc(Cl)cc2)N=3)CC1. The second kappa shape index (κ2) is 10.3. The van der Waals surface area contributed by atoms with Crippen LogP contribution in [-0.2, 0) is 4.79 Å². The number of anilines is 1. The molecular weight excluding hydrogens is 511 g/mol. The van der Waals surface area contributed by atoms with E-state index in [4.69, 9.17) is 23.2 Å². The van der Waals surface area contributed by atoms with Crippen molar-refractivity contribution in [1.29, 1.82) is 0 Å². The van der Waals surface area contributed by atoms with Gasteiger partial charge >= 0.3 is 0 Å². The first-order chi connectivity index (χ1) is 17.8. The van der Waals surface area contributed by atoms with Gasteiger partial charge in [0.25, 0.3) is 11.8 Å². The van der Waals surface area contributed by atoms with Crippen molar-refractivity contribution in [1.82, 2.24) is 4.90 Å². The van der Waals surface area contributed by atoms with Crippen LogP contribution in [0.4, 0.5) is 5.69 Å². The maximum atomic E-state index is 13.2. The molecule has 2 aliphatic heterocycles. The van der Waals surface area contributed by atoms with Crippen LogP contribution in [0.2, 0.25) is 10.0 Å². The second-order valence-corrected chi connectivity index (χ2v) is 9.72. The van der Waals surface area contributed by atoms with Crippen molar-refractivity contribution < 1.29 is 14.4 Å². The number of carbonyl (C=O) groups is 3. The van der Waals surface area contributed by atoms with E-state index in [1.54, 1.807) is 47.4 Å². The summed E-state index contributed by atoms with van der Waals surface area (Å²) >= 11 is 12.0. The Morgan fingerprint density at radius 2 is 1.49 bits per heavy atom. The zero-order valence-electron chi connectivity index (χ0n) is 19.9. The van der Waals surface area contributed by atoms with Gasteiger partial charge in [0.1, 0.15) is 5.70 Å². The third-order valence-electron chi connectivity index (χ3n) is 6.38. The summed E-state index contributed by atoms with van der Waals surface area (Å²) in [5.74, 6) is -1.14. The highest BCUT2D eigenvalue weighted by molar-refractivity contribution is 6.31. The van der Waals surface area contributed by atoms with Gasteiger partial charge in [-0.15, -0.1) is 0 Å². The van der Waals surface area contributed by atoms with Gasteiger partial charge in [0, 0.05) is 59.1 Å². The number of fused-ring (bicyclic) bond motifs is 1. The Labute approximate surface area is 223 Å². The molecule has 186 valence electrons. The Hall–Kier alpha value is -3.81. The van der Waals surface area contributed by atoms with Gasteiger partial charge in [0.2, 0.25) is 0 Å². The van der Waals surface area contributed by atoms with Crippen LogP contribution >= 0.6 is 23.2 Å². The summed E-state index contributed by atoms with van der Waals surface area (Å²) in [5.41, 5.74) is 2.97. The molecule has 0 radical (unpaired) electrons. The van der Waals surface area contributed by atoms with Gasteiger partial charge < -0.3 is 9.80 Å². The fourth-order valence-corrected chi connectivity index (χ4v) is 4.65. The zero-order chi connectivity index (χ0) is 26.1. The van der Waals surface area contributed by atoms with Crippen molar-refractivity contribution >= 4 is 46.5 Å². The highest BCUT2D eigenvalue weighted by atomic mass is 35.5. The van der Waals surface area contributed by atoms with Crippen LogP contribution in [0.5, 0.6) is 0 Å². The lowest BCUT2D eigenvalue weighted by atomic mass is 10.1. The molecule has 0 bridgehead atoms. The van der Waals surface area contributed by atoms with Gasteiger partial charge in [-0.05, 0) is 67.1 Å². The van der Waals surface area contributed by atoms with Crippen molar-refractivity contribution in [2.24, 2.45) is 9.98 Å². The third-order valence-corrected chi connectivity index (χ3v) is 6.87. The zero-order valence-corrected chi connectivity index (χ0v) is 21.5. The lowest BCUT2D eigenvalue weighted by molar-refractivity contribution is -0.114. The van der Waals surface area contributed by atoms with Crippen LogP contribution in [0.25, 0.3) is 0 Å². The van der Waals surface area contributed by atoms with Gasteiger partial charge in [-0.1, -0.05) is 29.3 Å². The van der Waals surface area contributed by atoms with Crippen molar-refractivity contribution in [2.45, 2.75) is 6.92 Å². The number of ketones is 1. The number of amides is 2. The Kier molecular flexibility index (Phi) is 6.91. The number of rotatable bonds is 4. The molecule has 1 fully saturated rings. The smallest absolute Gasteiger partial charge is 0.296 e. The predicted molar refractivity (Wildman–Crippen MR) is 142 cm³/mol. The number of carbonyl (C=O) groups excluding carboxylic acids is 3. The lowest BCUT2D eigenvalue weighted by Gasteiger charge is -2.37. The topological polar surface area (TPSA) is 82.4 Å². The normalized spacial score (nSPS) is 16.2. The lowest BCUT2D eigenvalue weighted by Crippen LogP contribution is -2.49. The number of hydrogen-bond acceptors (Lipinski definition) is 5. The summed E-state index contributed by atoms with van der Waals surface area (Å²) in [6.45, 7) is 4.53. The standard InChI is InChI=1S/C28H22Cl2N4O3/c1-17-2-6-21(30)15-25(17)33-10-12-34(13-11-33)28(37)19-5-9-22-23(14-19)32-27(36)24(31-22)16-26(35)18-3-7-20(29)8-4-18/h2-9,14-16H,10-13H2,1H3/b24-16-. The first-order valence-corrected chi connectivity index (χ1v) is 12.5. The molecule has 2 amide bonds. The largest absolute Gasteiger partial charge is 0.368 e. The Balaban J connectivity index is 1.31. The van der Waals surface area contributed by atoms with Crippen molar-refractivity contribution in [3.05, 3.63) is 110 Å². The van der Waals surface area contributed by atoms with Crippen molar-refractivity contribution in [2.75, 3.05) is 31.1 Å². The maximum Gasteiger partial charge on any atom is 0.296 e. The van der Waals surface area contributed by atoms with Crippen LogP contribution < -0.4 is 15.6 Å². The number of halogens is 2. The molecule has 0 unspecified atom stereocenters. The summed E-state index contributed by atoms with van der Waals surface area (Å²) in [7, 11) is 0. The number of piperazine rings is 1. The number of benzene rings is 3. The van der Waals surface area contributed by atoms with E-state index in [1.807, 2.05) is 25.1 Å². The molecule has 37 heavy (non-hydrogen) atoms. The maximum absolute atomic E-state index is 13.2. The summed E-state index contributed by atoms with van der Waals surface area (Å²) in [6, 6.07) is 17.1. The molecule has 0 N–H and O–H groups in total. The molecule has 0 aromatic heterocycles. The average Bonchev–Trinajstić information content (AvgIpc) is 2.90. The Bertz CT molecular complexity index is 1570. The minimum absolute atomic E-state index is 0.0565. The molecule has 0 atom stereocenters. The Morgan fingerprint density at radius 1 is 0.811 bits per heavy atom. The van der Waals surface area contributed by atoms with E-state index in [0.29, 0.717) is 58.1 Å². The van der Waals surface area contributed by atoms with E-state index in [9.17, 15) is 14.4 Å². The molecule has 2 aliphatic rings. The molecule has 2 heterocycles. The molecule has 5 rings (SSSR count). The van der Waals surface area contributed by atoms with Gasteiger partial charge in [-0.3, -0.25) is 14.4 Å². The second-order valence-electron chi connectivity index (χ2n) is 8.84. The molecule has 3 aromatic carbocycles. The molecule has 1 saturated heterocycles. The minimum Gasteiger partial charge on any atom is -0.368 e. The van der Waals surface area contributed by atoms with Crippen molar-refractivity contribution in [3.63, 3.8) is 0 Å². The van der Waals surface area contributed by atoms with Crippen LogP contribution in [0.3, 0.4) is 0 Å². The van der Waals surface area contributed by atoms with E-state index in [2.05, 4.69) is 14.9 Å². The van der Waals surface area contributed by atoms with E-state index in [-0.39, 0.29) is 17.4 Å². The van der Waals surface area contributed by atoms with Crippen LogP contribution in [-0.4, -0.2) is 48.7 Å². The van der Waals surface area contributed by atoms with E-state index in [1.165, 1.54) is 0 Å². The van der Waals surface area contributed by atoms with Crippen molar-refractivity contribution in [3.8, 4) is 0 Å². The molecular formula is C28H22Cl2N4O3. The van der Waals surface area contributed by atoms with Gasteiger partial charge in [-0.2, -0.15) is 0 Å². The van der Waals surface area contributed by atoms with Gasteiger partial charge in [0.05, 0.1) is 10.7 Å².